The van der Waals surface area contributed by atoms with Gasteiger partial charge in [0.2, 0.25) is 0 Å². The predicted molar refractivity (Wildman–Crippen MR) is 114 cm³/mol. The number of aryl methyl sites for hydroxylation is 1. The summed E-state index contributed by atoms with van der Waals surface area (Å²) in [6, 6.07) is 8.35. The highest BCUT2D eigenvalue weighted by atomic mass is 19.4. The Balaban J connectivity index is 1.59. The molecule has 5 rings (SSSR count). The van der Waals surface area contributed by atoms with Gasteiger partial charge in [-0.1, -0.05) is 0 Å². The van der Waals surface area contributed by atoms with E-state index in [2.05, 4.69) is 9.88 Å². The molecule has 0 spiro atoms. The number of hydrogen-bond acceptors (Lipinski definition) is 4. The summed E-state index contributed by atoms with van der Waals surface area (Å²) in [6.07, 6.45) is -1.26. The van der Waals surface area contributed by atoms with Gasteiger partial charge in [0.1, 0.15) is 12.4 Å². The lowest BCUT2D eigenvalue weighted by Crippen LogP contribution is -2.38. The lowest BCUT2D eigenvalue weighted by atomic mass is 10.0. The van der Waals surface area contributed by atoms with Gasteiger partial charge in [0.15, 0.2) is 0 Å². The van der Waals surface area contributed by atoms with Crippen LogP contribution in [-0.4, -0.2) is 53.9 Å². The van der Waals surface area contributed by atoms with Gasteiger partial charge < -0.3 is 9.47 Å². The molecule has 1 fully saturated rings. The van der Waals surface area contributed by atoms with E-state index in [0.29, 0.717) is 46.5 Å². The Kier molecular flexibility index (Phi) is 4.98. The quantitative estimate of drug-likeness (QED) is 0.466. The van der Waals surface area contributed by atoms with Crippen LogP contribution in [0.25, 0.3) is 32.6 Å². The second-order valence-electron chi connectivity index (χ2n) is 7.78. The second kappa shape index (κ2) is 7.69. The van der Waals surface area contributed by atoms with Crippen LogP contribution in [0.4, 0.5) is 13.2 Å². The van der Waals surface area contributed by atoms with Crippen LogP contribution < -0.4 is 4.74 Å². The van der Waals surface area contributed by atoms with Gasteiger partial charge in [0.05, 0.1) is 24.2 Å². The predicted octanol–water partition coefficient (Wildman–Crippen LogP) is 4.84. The zero-order valence-corrected chi connectivity index (χ0v) is 17.1. The van der Waals surface area contributed by atoms with Crippen molar-refractivity contribution in [2.45, 2.75) is 13.2 Å². The highest BCUT2D eigenvalue weighted by Gasteiger charge is 2.35. The molecular formula is C23H22F3N3O2. The van der Waals surface area contributed by atoms with E-state index in [4.69, 9.17) is 9.47 Å². The molecule has 0 saturated carbocycles. The van der Waals surface area contributed by atoms with Crippen molar-refractivity contribution in [3.8, 4) is 5.75 Å². The molecule has 0 unspecified atom stereocenters. The number of pyridine rings is 1. The maximum Gasteiger partial charge on any atom is 0.489 e. The Hall–Kier alpha value is -2.84. The van der Waals surface area contributed by atoms with Crippen molar-refractivity contribution in [3.63, 3.8) is 0 Å². The number of morpholine rings is 1. The minimum atomic E-state index is -4.54. The number of aromatic nitrogens is 2. The lowest BCUT2D eigenvalue weighted by molar-refractivity contribution is -0.197. The van der Waals surface area contributed by atoms with Crippen molar-refractivity contribution < 1.29 is 22.6 Å². The third-order valence-corrected chi connectivity index (χ3v) is 5.92. The largest absolute Gasteiger partial charge is 0.492 e. The molecule has 31 heavy (non-hydrogen) atoms. The van der Waals surface area contributed by atoms with Gasteiger partial charge in [-0.15, -0.1) is 13.2 Å². The molecule has 8 heteroatoms. The van der Waals surface area contributed by atoms with Crippen LogP contribution in [0.2, 0.25) is 0 Å². The fourth-order valence-electron chi connectivity index (χ4n) is 4.43. The fourth-order valence-corrected chi connectivity index (χ4v) is 4.43. The average Bonchev–Trinajstić information content (AvgIpc) is 3.09. The van der Waals surface area contributed by atoms with Gasteiger partial charge in [-0.05, 0) is 48.2 Å². The Morgan fingerprint density at radius 3 is 2.65 bits per heavy atom. The molecule has 162 valence electrons. The molecule has 0 atom stereocenters. The zero-order valence-electron chi connectivity index (χ0n) is 17.1. The van der Waals surface area contributed by atoms with E-state index in [1.165, 1.54) is 6.07 Å². The molecule has 1 aliphatic rings. The van der Waals surface area contributed by atoms with Crippen molar-refractivity contribution in [1.82, 2.24) is 14.5 Å². The van der Waals surface area contributed by atoms with Gasteiger partial charge in [0.25, 0.3) is 0 Å². The second-order valence-corrected chi connectivity index (χ2v) is 7.78. The van der Waals surface area contributed by atoms with E-state index in [9.17, 15) is 13.2 Å². The highest BCUT2D eigenvalue weighted by molar-refractivity contribution is 6.14. The van der Waals surface area contributed by atoms with E-state index < -0.39 is 6.30 Å². The molecule has 0 aliphatic carbocycles. The van der Waals surface area contributed by atoms with Crippen LogP contribution in [0.1, 0.15) is 5.56 Å². The molecule has 5 nitrogen and oxygen atoms in total. The summed E-state index contributed by atoms with van der Waals surface area (Å²) in [5.74, 6) is 0.561. The minimum absolute atomic E-state index is 0.120. The molecule has 3 heterocycles. The van der Waals surface area contributed by atoms with Gasteiger partial charge in [-0.3, -0.25) is 14.5 Å². The third-order valence-electron chi connectivity index (χ3n) is 5.92. The third kappa shape index (κ3) is 3.59. The number of benzene rings is 2. The van der Waals surface area contributed by atoms with Crippen molar-refractivity contribution in [2.24, 2.45) is 0 Å². The molecule has 0 N–H and O–H groups in total. The monoisotopic (exact) mass is 429 g/mol. The van der Waals surface area contributed by atoms with Gasteiger partial charge >= 0.3 is 6.30 Å². The molecule has 0 radical (unpaired) electrons. The first-order valence-corrected chi connectivity index (χ1v) is 10.2. The van der Waals surface area contributed by atoms with E-state index in [-0.39, 0.29) is 11.0 Å². The van der Waals surface area contributed by atoms with Crippen LogP contribution in [0, 0.1) is 6.92 Å². The van der Waals surface area contributed by atoms with Crippen LogP contribution in [0.15, 0.2) is 42.7 Å². The summed E-state index contributed by atoms with van der Waals surface area (Å²) >= 11 is 0. The SMILES string of the molecule is Cc1c2ccncc2cc2c3cc(OCCN4CCOCC4)ccc3n(C(F)(F)F)c12. The Morgan fingerprint density at radius 2 is 1.87 bits per heavy atom. The molecule has 2 aromatic carbocycles. The smallest absolute Gasteiger partial charge is 0.489 e. The van der Waals surface area contributed by atoms with Crippen molar-refractivity contribution in [3.05, 3.63) is 48.3 Å². The van der Waals surface area contributed by atoms with E-state index in [1.807, 2.05) is 0 Å². The topological polar surface area (TPSA) is 39.5 Å². The molecular weight excluding hydrogens is 407 g/mol. The van der Waals surface area contributed by atoms with Gasteiger partial charge in [0, 0.05) is 48.2 Å². The van der Waals surface area contributed by atoms with Crippen molar-refractivity contribution in [2.75, 3.05) is 39.5 Å². The standard InChI is InChI=1S/C23H22F3N3O2/c1-15-18-4-5-27-14-16(18)12-20-19-13-17(31-11-8-28-6-9-30-10-7-28)2-3-21(19)29(22(15)20)23(24,25)26/h2-5,12-14H,6-11H2,1H3. The zero-order chi connectivity index (χ0) is 21.6. The number of alkyl halides is 3. The lowest BCUT2D eigenvalue weighted by Gasteiger charge is -2.26. The maximum absolute atomic E-state index is 14.1. The van der Waals surface area contributed by atoms with Crippen molar-refractivity contribution in [1.29, 1.82) is 0 Å². The summed E-state index contributed by atoms with van der Waals surface area (Å²) in [6.45, 7) is 6.10. The van der Waals surface area contributed by atoms with Crippen LogP contribution in [-0.2, 0) is 11.0 Å². The average molecular weight is 429 g/mol. The first kappa shape index (κ1) is 20.1. The first-order valence-electron chi connectivity index (χ1n) is 10.2. The number of nitrogens with zero attached hydrogens (tertiary/aromatic N) is 3. The number of ether oxygens (including phenoxy) is 2. The molecule has 0 amide bonds. The normalized spacial score (nSPS) is 15.9. The summed E-state index contributed by atoms with van der Waals surface area (Å²) in [4.78, 5) is 6.38. The van der Waals surface area contributed by atoms with E-state index in [0.717, 1.165) is 30.4 Å². The summed E-state index contributed by atoms with van der Waals surface area (Å²) < 4.78 is 53.9. The summed E-state index contributed by atoms with van der Waals surface area (Å²) in [5.41, 5.74) is 0.874. The Labute approximate surface area is 177 Å². The maximum atomic E-state index is 14.1. The minimum Gasteiger partial charge on any atom is -0.492 e. The van der Waals surface area contributed by atoms with Gasteiger partial charge in [-0.2, -0.15) is 0 Å². The van der Waals surface area contributed by atoms with Crippen LogP contribution in [0.5, 0.6) is 5.75 Å². The van der Waals surface area contributed by atoms with Crippen LogP contribution >= 0.6 is 0 Å². The number of rotatable bonds is 4. The molecule has 1 saturated heterocycles. The Morgan fingerprint density at radius 1 is 1.06 bits per heavy atom. The summed E-state index contributed by atoms with van der Waals surface area (Å²) in [7, 11) is 0. The van der Waals surface area contributed by atoms with E-state index in [1.54, 1.807) is 43.6 Å². The first-order chi connectivity index (χ1) is 14.9. The van der Waals surface area contributed by atoms with Crippen molar-refractivity contribution >= 4 is 32.6 Å². The number of halogens is 3. The highest BCUT2D eigenvalue weighted by Crippen LogP contribution is 2.41. The van der Waals surface area contributed by atoms with Gasteiger partial charge in [-0.25, -0.2) is 0 Å². The fraction of sp³-hybridized carbons (Fsp3) is 0.348. The molecule has 2 aromatic heterocycles. The summed E-state index contributed by atoms with van der Waals surface area (Å²) in [5, 5.41) is 2.64. The number of hydrogen-bond donors (Lipinski definition) is 0. The Bertz CT molecular complexity index is 1260. The molecule has 1 aliphatic heterocycles. The molecule has 4 aromatic rings. The van der Waals surface area contributed by atoms with E-state index >= 15 is 0 Å². The molecule has 0 bridgehead atoms. The van der Waals surface area contributed by atoms with Crippen LogP contribution in [0.3, 0.4) is 0 Å². The number of fused-ring (bicyclic) bond motifs is 4.